The molecule has 0 radical (unpaired) electrons. The first-order valence-electron chi connectivity index (χ1n) is 13.1. The molecule has 0 unspecified atom stereocenters. The van der Waals surface area contributed by atoms with E-state index in [0.29, 0.717) is 11.3 Å². The SMILES string of the molecule is CCOC(=O)C=CC1=C(C(=O)OC(c2ccccc2)c2ccccc2)N2C(=O)[C@@H](NC(=O)Cc3cccs3)[C@@H]2SC1. The zero-order chi connectivity index (χ0) is 28.8. The minimum Gasteiger partial charge on any atom is -0.463 e. The van der Waals surface area contributed by atoms with E-state index in [0.717, 1.165) is 16.0 Å². The number of fused-ring (bicyclic) bond motifs is 1. The van der Waals surface area contributed by atoms with Crippen LogP contribution >= 0.6 is 23.1 Å². The van der Waals surface area contributed by atoms with E-state index in [1.165, 1.54) is 40.2 Å². The van der Waals surface area contributed by atoms with E-state index in [9.17, 15) is 19.2 Å². The number of amides is 2. The maximum absolute atomic E-state index is 13.9. The molecule has 210 valence electrons. The minimum atomic E-state index is -0.773. The number of thiophene rings is 1. The van der Waals surface area contributed by atoms with Gasteiger partial charge in [-0.15, -0.1) is 23.1 Å². The standard InChI is InChI=1S/C31H28N2O6S2/c1-2-38-25(35)16-15-22-19-41-30-26(32-24(34)18-23-14-9-17-40-23)29(36)33(30)27(22)31(37)39-28(20-10-5-3-6-11-20)21-12-7-4-8-13-21/h3-17,26,28,30H,2,18-19H2,1H3,(H,32,34)/t26-,30+/m1/s1. The molecular weight excluding hydrogens is 560 g/mol. The Bertz CT molecular complexity index is 1430. The van der Waals surface area contributed by atoms with E-state index >= 15 is 0 Å². The lowest BCUT2D eigenvalue weighted by Gasteiger charge is -2.49. The average Bonchev–Trinajstić information content (AvgIpc) is 3.51. The van der Waals surface area contributed by atoms with Crippen molar-refractivity contribution < 1.29 is 28.7 Å². The molecule has 1 saturated heterocycles. The molecule has 2 aliphatic rings. The highest BCUT2D eigenvalue weighted by Gasteiger charge is 2.54. The molecule has 2 atom stereocenters. The number of nitrogens with zero attached hydrogens (tertiary/aromatic N) is 1. The van der Waals surface area contributed by atoms with Gasteiger partial charge in [0, 0.05) is 16.7 Å². The molecule has 1 aromatic heterocycles. The van der Waals surface area contributed by atoms with Crippen molar-refractivity contribution in [3.8, 4) is 0 Å². The lowest BCUT2D eigenvalue weighted by Crippen LogP contribution is -2.70. The van der Waals surface area contributed by atoms with Crippen molar-refractivity contribution in [2.24, 2.45) is 0 Å². The molecule has 8 nitrogen and oxygen atoms in total. The van der Waals surface area contributed by atoms with Crippen LogP contribution in [0.3, 0.4) is 0 Å². The lowest BCUT2D eigenvalue weighted by atomic mass is 10.0. The number of β-lactam (4-membered cyclic amide) rings is 1. The summed E-state index contributed by atoms with van der Waals surface area (Å²) in [6.07, 6.45) is 2.18. The molecule has 2 aliphatic heterocycles. The topological polar surface area (TPSA) is 102 Å². The second-order valence-electron chi connectivity index (χ2n) is 9.28. The van der Waals surface area contributed by atoms with Crippen LogP contribution in [0.5, 0.6) is 0 Å². The lowest BCUT2D eigenvalue weighted by molar-refractivity contribution is -0.154. The summed E-state index contributed by atoms with van der Waals surface area (Å²) in [7, 11) is 0. The predicted octanol–water partition coefficient (Wildman–Crippen LogP) is 4.40. The van der Waals surface area contributed by atoms with Gasteiger partial charge < -0.3 is 14.8 Å². The van der Waals surface area contributed by atoms with Crippen molar-refractivity contribution in [1.29, 1.82) is 0 Å². The second kappa shape index (κ2) is 13.0. The third kappa shape index (κ3) is 6.44. The van der Waals surface area contributed by atoms with Crippen molar-refractivity contribution in [2.75, 3.05) is 12.4 Å². The van der Waals surface area contributed by atoms with Crippen molar-refractivity contribution >= 4 is 46.9 Å². The molecule has 10 heteroatoms. The number of carbonyl (C=O) groups excluding carboxylic acids is 4. The maximum Gasteiger partial charge on any atom is 0.356 e. The summed E-state index contributed by atoms with van der Waals surface area (Å²) in [4.78, 5) is 54.3. The molecule has 3 heterocycles. The highest BCUT2D eigenvalue weighted by Crippen LogP contribution is 2.42. The summed E-state index contributed by atoms with van der Waals surface area (Å²) in [5.74, 6) is -1.60. The van der Waals surface area contributed by atoms with Crippen LogP contribution in [0.1, 0.15) is 29.0 Å². The molecule has 1 N–H and O–H groups in total. The molecule has 2 aromatic carbocycles. The van der Waals surface area contributed by atoms with Crippen LogP contribution in [0, 0.1) is 0 Å². The van der Waals surface area contributed by atoms with Gasteiger partial charge in [-0.2, -0.15) is 0 Å². The van der Waals surface area contributed by atoms with E-state index in [-0.39, 0.29) is 24.6 Å². The summed E-state index contributed by atoms with van der Waals surface area (Å²) in [5, 5.41) is 4.23. The minimum absolute atomic E-state index is 0.0555. The number of thioether (sulfide) groups is 1. The second-order valence-corrected chi connectivity index (χ2v) is 11.4. The Morgan fingerprint density at radius 3 is 2.32 bits per heavy atom. The predicted molar refractivity (Wildman–Crippen MR) is 157 cm³/mol. The number of ether oxygens (including phenoxy) is 2. The number of hydrogen-bond donors (Lipinski definition) is 1. The fourth-order valence-electron chi connectivity index (χ4n) is 4.66. The molecule has 0 aliphatic carbocycles. The summed E-state index contributed by atoms with van der Waals surface area (Å²) >= 11 is 2.87. The number of hydrogen-bond acceptors (Lipinski definition) is 8. The van der Waals surface area contributed by atoms with Crippen molar-refractivity contribution in [1.82, 2.24) is 10.2 Å². The van der Waals surface area contributed by atoms with Crippen LogP contribution < -0.4 is 5.32 Å². The van der Waals surface area contributed by atoms with Crippen LogP contribution in [0.2, 0.25) is 0 Å². The maximum atomic E-state index is 13.9. The van der Waals surface area contributed by atoms with Gasteiger partial charge in [-0.1, -0.05) is 66.7 Å². The summed E-state index contributed by atoms with van der Waals surface area (Å²) in [5.41, 5.74) is 2.05. The Balaban J connectivity index is 1.43. The molecule has 0 bridgehead atoms. The van der Waals surface area contributed by atoms with Gasteiger partial charge in [-0.05, 0) is 41.1 Å². The van der Waals surface area contributed by atoms with Crippen LogP contribution in [-0.2, 0) is 35.1 Å². The fraction of sp³-hybridized carbons (Fsp3) is 0.226. The monoisotopic (exact) mass is 588 g/mol. The van der Waals surface area contributed by atoms with Crippen molar-refractivity contribution in [2.45, 2.75) is 30.9 Å². The number of allylic oxidation sites excluding steroid dienone is 1. The van der Waals surface area contributed by atoms with Gasteiger partial charge in [0.2, 0.25) is 5.91 Å². The number of nitrogens with one attached hydrogen (secondary N) is 1. The van der Waals surface area contributed by atoms with Crippen molar-refractivity contribution in [3.05, 3.63) is 118 Å². The van der Waals surface area contributed by atoms with E-state index in [2.05, 4.69) is 5.32 Å². The molecule has 2 amide bonds. The van der Waals surface area contributed by atoms with Crippen LogP contribution in [0.15, 0.2) is 102 Å². The molecule has 0 saturated carbocycles. The average molecular weight is 589 g/mol. The largest absolute Gasteiger partial charge is 0.463 e. The molecule has 41 heavy (non-hydrogen) atoms. The zero-order valence-corrected chi connectivity index (χ0v) is 23.9. The summed E-state index contributed by atoms with van der Waals surface area (Å²) in [6, 6.07) is 21.6. The van der Waals surface area contributed by atoms with E-state index in [1.807, 2.05) is 78.2 Å². The molecule has 3 aromatic rings. The number of benzene rings is 2. The Labute approximate surface area is 246 Å². The Kier molecular flexibility index (Phi) is 9.01. The number of esters is 2. The molecule has 0 spiro atoms. The van der Waals surface area contributed by atoms with Crippen molar-refractivity contribution in [3.63, 3.8) is 0 Å². The zero-order valence-electron chi connectivity index (χ0n) is 22.2. The molecular formula is C31H28N2O6S2. The fourth-order valence-corrected chi connectivity index (χ4v) is 6.68. The Morgan fingerprint density at radius 2 is 1.71 bits per heavy atom. The first-order valence-corrected chi connectivity index (χ1v) is 15.0. The van der Waals surface area contributed by atoms with Gasteiger partial charge in [0.05, 0.1) is 13.0 Å². The van der Waals surface area contributed by atoms with Gasteiger partial charge in [0.1, 0.15) is 17.1 Å². The first kappa shape index (κ1) is 28.4. The van der Waals surface area contributed by atoms with Crippen LogP contribution in [0.4, 0.5) is 0 Å². The van der Waals surface area contributed by atoms with Gasteiger partial charge in [0.15, 0.2) is 6.10 Å². The summed E-state index contributed by atoms with van der Waals surface area (Å²) < 4.78 is 11.1. The number of carbonyl (C=O) groups is 4. The third-order valence-electron chi connectivity index (χ3n) is 6.56. The van der Waals surface area contributed by atoms with E-state index < -0.39 is 35.4 Å². The van der Waals surface area contributed by atoms with Gasteiger partial charge >= 0.3 is 11.9 Å². The molecule has 1 fully saturated rings. The Hall–Kier alpha value is -4.15. The smallest absolute Gasteiger partial charge is 0.356 e. The van der Waals surface area contributed by atoms with Gasteiger partial charge in [0.25, 0.3) is 5.91 Å². The van der Waals surface area contributed by atoms with Crippen LogP contribution in [-0.4, -0.2) is 52.4 Å². The molecule has 5 rings (SSSR count). The summed E-state index contributed by atoms with van der Waals surface area (Å²) in [6.45, 7) is 1.91. The van der Waals surface area contributed by atoms with E-state index in [4.69, 9.17) is 9.47 Å². The normalized spacial score (nSPS) is 18.2. The quantitative estimate of drug-likeness (QED) is 0.213. The Morgan fingerprint density at radius 1 is 1.02 bits per heavy atom. The van der Waals surface area contributed by atoms with Crippen LogP contribution in [0.25, 0.3) is 0 Å². The van der Waals surface area contributed by atoms with E-state index in [1.54, 1.807) is 6.92 Å². The highest BCUT2D eigenvalue weighted by atomic mass is 32.2. The highest BCUT2D eigenvalue weighted by molar-refractivity contribution is 8.00. The van der Waals surface area contributed by atoms with Gasteiger partial charge in [-0.25, -0.2) is 9.59 Å². The third-order valence-corrected chi connectivity index (χ3v) is 8.74. The van der Waals surface area contributed by atoms with Gasteiger partial charge in [-0.3, -0.25) is 14.5 Å². The number of rotatable bonds is 10. The first-order chi connectivity index (χ1) is 20.0.